The van der Waals surface area contributed by atoms with Gasteiger partial charge in [-0.2, -0.15) is 0 Å². The van der Waals surface area contributed by atoms with Gasteiger partial charge in [0.05, 0.1) is 18.9 Å². The summed E-state index contributed by atoms with van der Waals surface area (Å²) in [6.07, 6.45) is 5.42. The van der Waals surface area contributed by atoms with Gasteiger partial charge in [-0.15, -0.1) is 0 Å². The van der Waals surface area contributed by atoms with Crippen molar-refractivity contribution in [1.82, 2.24) is 15.3 Å². The average Bonchev–Trinajstić information content (AvgIpc) is 2.98. The van der Waals surface area contributed by atoms with E-state index < -0.39 is 0 Å². The molecule has 15 heavy (non-hydrogen) atoms. The fourth-order valence-corrected chi connectivity index (χ4v) is 1.42. The molecule has 1 fully saturated rings. The van der Waals surface area contributed by atoms with E-state index in [2.05, 4.69) is 36.5 Å². The summed E-state index contributed by atoms with van der Waals surface area (Å²) in [5.74, 6) is 0.376. The molecule has 0 radical (unpaired) electrons. The lowest BCUT2D eigenvalue weighted by Crippen LogP contribution is -2.29. The van der Waals surface area contributed by atoms with E-state index in [-0.39, 0.29) is 5.91 Å². The Morgan fingerprint density at radius 3 is 3.00 bits per heavy atom. The van der Waals surface area contributed by atoms with Crippen molar-refractivity contribution in [2.75, 3.05) is 11.9 Å². The van der Waals surface area contributed by atoms with E-state index >= 15 is 0 Å². The van der Waals surface area contributed by atoms with Crippen LogP contribution in [0.4, 0.5) is 5.82 Å². The van der Waals surface area contributed by atoms with Crippen LogP contribution in [0.15, 0.2) is 17.0 Å². The molecular weight excluding hydrogens is 260 g/mol. The predicted molar refractivity (Wildman–Crippen MR) is 59.4 cm³/mol. The Kier molecular flexibility index (Phi) is 3.27. The second-order valence-corrected chi connectivity index (χ2v) is 4.24. The van der Waals surface area contributed by atoms with Crippen LogP contribution in [-0.2, 0) is 4.79 Å². The third-order valence-corrected chi connectivity index (χ3v) is 2.38. The van der Waals surface area contributed by atoms with Crippen LogP contribution >= 0.6 is 15.9 Å². The highest BCUT2D eigenvalue weighted by Crippen LogP contribution is 2.18. The Bertz CT molecular complexity index is 367. The zero-order valence-electron chi connectivity index (χ0n) is 8.03. The van der Waals surface area contributed by atoms with Crippen LogP contribution in [0.25, 0.3) is 0 Å². The first kappa shape index (κ1) is 10.5. The molecule has 1 aliphatic rings. The van der Waals surface area contributed by atoms with Gasteiger partial charge in [0.2, 0.25) is 5.91 Å². The maximum atomic E-state index is 11.4. The SMILES string of the molecule is O=C(CNC1CC1)Nc1cncc(Br)n1. The highest BCUT2D eigenvalue weighted by atomic mass is 79.9. The normalized spacial score (nSPS) is 15.0. The van der Waals surface area contributed by atoms with Crippen LogP contribution in [0.3, 0.4) is 0 Å². The minimum absolute atomic E-state index is 0.0886. The van der Waals surface area contributed by atoms with Crippen molar-refractivity contribution in [1.29, 1.82) is 0 Å². The molecule has 2 rings (SSSR count). The molecule has 0 spiro atoms. The lowest BCUT2D eigenvalue weighted by molar-refractivity contribution is -0.115. The Morgan fingerprint density at radius 1 is 1.53 bits per heavy atom. The molecule has 1 aromatic heterocycles. The molecule has 0 saturated heterocycles. The molecule has 2 N–H and O–H groups in total. The lowest BCUT2D eigenvalue weighted by Gasteiger charge is -2.04. The number of hydrogen-bond donors (Lipinski definition) is 2. The van der Waals surface area contributed by atoms with Gasteiger partial charge in [0.15, 0.2) is 5.82 Å². The molecule has 1 aromatic rings. The lowest BCUT2D eigenvalue weighted by atomic mass is 10.5. The van der Waals surface area contributed by atoms with Gasteiger partial charge < -0.3 is 10.6 Å². The third kappa shape index (κ3) is 3.56. The van der Waals surface area contributed by atoms with Gasteiger partial charge in [-0.3, -0.25) is 9.78 Å². The molecule has 0 bridgehead atoms. The highest BCUT2D eigenvalue weighted by Gasteiger charge is 2.21. The molecule has 1 heterocycles. The molecule has 1 amide bonds. The largest absolute Gasteiger partial charge is 0.308 e. The number of carbonyl (C=O) groups is 1. The van der Waals surface area contributed by atoms with Gasteiger partial charge in [0.1, 0.15) is 4.60 Å². The minimum Gasteiger partial charge on any atom is -0.308 e. The van der Waals surface area contributed by atoms with E-state index in [4.69, 9.17) is 0 Å². The summed E-state index contributed by atoms with van der Waals surface area (Å²) < 4.78 is 0.607. The van der Waals surface area contributed by atoms with Gasteiger partial charge in [-0.1, -0.05) is 0 Å². The second kappa shape index (κ2) is 4.67. The van der Waals surface area contributed by atoms with Gasteiger partial charge >= 0.3 is 0 Å². The Morgan fingerprint density at radius 2 is 2.33 bits per heavy atom. The number of amides is 1. The summed E-state index contributed by atoms with van der Waals surface area (Å²) in [4.78, 5) is 19.3. The maximum Gasteiger partial charge on any atom is 0.239 e. The van der Waals surface area contributed by atoms with Crippen molar-refractivity contribution in [3.8, 4) is 0 Å². The molecule has 1 aliphatic carbocycles. The highest BCUT2D eigenvalue weighted by molar-refractivity contribution is 9.10. The number of anilines is 1. The first-order valence-electron chi connectivity index (χ1n) is 4.75. The van der Waals surface area contributed by atoms with E-state index in [9.17, 15) is 4.79 Å². The zero-order valence-corrected chi connectivity index (χ0v) is 9.62. The van der Waals surface area contributed by atoms with E-state index in [0.29, 0.717) is 23.0 Å². The zero-order chi connectivity index (χ0) is 10.7. The molecule has 5 nitrogen and oxygen atoms in total. The average molecular weight is 271 g/mol. The van der Waals surface area contributed by atoms with Crippen molar-refractivity contribution < 1.29 is 4.79 Å². The topological polar surface area (TPSA) is 66.9 Å². The summed E-state index contributed by atoms with van der Waals surface area (Å²) in [7, 11) is 0. The molecule has 1 saturated carbocycles. The monoisotopic (exact) mass is 270 g/mol. The summed E-state index contributed by atoms with van der Waals surface area (Å²) in [6.45, 7) is 0.332. The number of nitrogens with one attached hydrogen (secondary N) is 2. The van der Waals surface area contributed by atoms with Crippen molar-refractivity contribution in [3.05, 3.63) is 17.0 Å². The summed E-state index contributed by atoms with van der Waals surface area (Å²) >= 11 is 3.18. The number of carbonyl (C=O) groups excluding carboxylic acids is 1. The smallest absolute Gasteiger partial charge is 0.239 e. The van der Waals surface area contributed by atoms with Gasteiger partial charge in [-0.25, -0.2) is 4.98 Å². The van der Waals surface area contributed by atoms with Crippen molar-refractivity contribution in [2.24, 2.45) is 0 Å². The van der Waals surface area contributed by atoms with Gasteiger partial charge in [-0.05, 0) is 28.8 Å². The van der Waals surface area contributed by atoms with E-state index in [1.807, 2.05) is 0 Å². The predicted octanol–water partition coefficient (Wildman–Crippen LogP) is 0.930. The van der Waals surface area contributed by atoms with Crippen molar-refractivity contribution in [3.63, 3.8) is 0 Å². The first-order valence-corrected chi connectivity index (χ1v) is 5.54. The van der Waals surface area contributed by atoms with Crippen LogP contribution < -0.4 is 10.6 Å². The standard InChI is InChI=1S/C9H11BrN4O/c10-7-3-11-4-8(13-7)14-9(15)5-12-6-1-2-6/h3-4,6,12H,1-2,5H2,(H,13,14,15). The number of nitrogens with zero attached hydrogens (tertiary/aromatic N) is 2. The van der Waals surface area contributed by atoms with Crippen LogP contribution in [0, 0.1) is 0 Å². The molecule has 80 valence electrons. The maximum absolute atomic E-state index is 11.4. The van der Waals surface area contributed by atoms with Gasteiger partial charge in [0, 0.05) is 6.04 Å². The quantitative estimate of drug-likeness (QED) is 0.855. The van der Waals surface area contributed by atoms with Crippen LogP contribution in [0.1, 0.15) is 12.8 Å². The summed E-state index contributed by atoms with van der Waals surface area (Å²) in [5, 5.41) is 5.78. The van der Waals surface area contributed by atoms with Crippen molar-refractivity contribution in [2.45, 2.75) is 18.9 Å². The third-order valence-electron chi connectivity index (χ3n) is 2.00. The molecule has 6 heteroatoms. The Balaban J connectivity index is 1.81. The number of rotatable bonds is 4. The van der Waals surface area contributed by atoms with Crippen molar-refractivity contribution >= 4 is 27.7 Å². The van der Waals surface area contributed by atoms with Crippen LogP contribution in [-0.4, -0.2) is 28.5 Å². The van der Waals surface area contributed by atoms with Crippen LogP contribution in [0.5, 0.6) is 0 Å². The number of aromatic nitrogens is 2. The first-order chi connectivity index (χ1) is 7.24. The number of halogens is 1. The number of hydrogen-bond acceptors (Lipinski definition) is 4. The molecular formula is C9H11BrN4O. The second-order valence-electron chi connectivity index (χ2n) is 3.43. The van der Waals surface area contributed by atoms with Gasteiger partial charge in [0.25, 0.3) is 0 Å². The van der Waals surface area contributed by atoms with E-state index in [0.717, 1.165) is 0 Å². The fraction of sp³-hybridized carbons (Fsp3) is 0.444. The van der Waals surface area contributed by atoms with E-state index in [1.165, 1.54) is 19.0 Å². The summed E-state index contributed by atoms with van der Waals surface area (Å²) in [6, 6.07) is 0.532. The molecule has 0 atom stereocenters. The molecule has 0 aromatic carbocycles. The van der Waals surface area contributed by atoms with Crippen LogP contribution in [0.2, 0.25) is 0 Å². The minimum atomic E-state index is -0.0886. The summed E-state index contributed by atoms with van der Waals surface area (Å²) in [5.41, 5.74) is 0. The molecule has 0 aliphatic heterocycles. The Hall–Kier alpha value is -1.01. The fourth-order valence-electron chi connectivity index (χ4n) is 1.11. The van der Waals surface area contributed by atoms with E-state index in [1.54, 1.807) is 6.20 Å². The molecule has 0 unspecified atom stereocenters. The Labute approximate surface area is 95.8 Å².